The van der Waals surface area contributed by atoms with Crippen molar-refractivity contribution < 1.29 is 19.1 Å². The van der Waals surface area contributed by atoms with E-state index in [-0.39, 0.29) is 4.88 Å². The highest BCUT2D eigenvalue weighted by molar-refractivity contribution is 7.98. The number of hydrogen-bond donors (Lipinski definition) is 0. The van der Waals surface area contributed by atoms with Gasteiger partial charge in [-0.1, -0.05) is 16.3 Å². The molecule has 0 radical (unpaired) electrons. The molecule has 0 saturated heterocycles. The lowest BCUT2D eigenvalue weighted by Crippen LogP contribution is -2.14. The van der Waals surface area contributed by atoms with E-state index in [1.165, 1.54) is 18.9 Å². The maximum Gasteiger partial charge on any atom is 0.352 e. The van der Waals surface area contributed by atoms with E-state index >= 15 is 0 Å². The molecule has 0 aromatic carbocycles. The number of rotatable bonds is 5. The number of hydrogen-bond acceptors (Lipinski definition) is 10. The first-order chi connectivity index (χ1) is 10.2. The van der Waals surface area contributed by atoms with Crippen LogP contribution in [0.2, 0.25) is 0 Å². The summed E-state index contributed by atoms with van der Waals surface area (Å²) in [6.07, 6.45) is 4.95. The number of carbonyl (C=O) groups excluding carboxylic acids is 2. The maximum absolute atomic E-state index is 11.9. The van der Waals surface area contributed by atoms with Gasteiger partial charge in [-0.3, -0.25) is 0 Å². The highest BCUT2D eigenvalue weighted by Gasteiger charge is 2.20. The lowest BCUT2D eigenvalue weighted by Gasteiger charge is -2.03. The molecule has 0 atom stereocenters. The molecule has 0 bridgehead atoms. The predicted molar refractivity (Wildman–Crippen MR) is 75.0 cm³/mol. The fraction of sp³-hybridized carbons (Fsp3) is 0.273. The van der Waals surface area contributed by atoms with Crippen LogP contribution in [0.3, 0.4) is 0 Å². The number of carbonyl (C=O) groups is 2. The zero-order valence-electron chi connectivity index (χ0n) is 11.1. The summed E-state index contributed by atoms with van der Waals surface area (Å²) in [6.45, 7) is -0.464. The van der Waals surface area contributed by atoms with Crippen LogP contribution in [0.25, 0.3) is 11.3 Å². The fourth-order valence-electron chi connectivity index (χ4n) is 1.31. The van der Waals surface area contributed by atoms with Gasteiger partial charge in [-0.15, -0.1) is 5.10 Å². The quantitative estimate of drug-likeness (QED) is 0.453. The molecular formula is C11H10N4O4S2. The average molecular weight is 326 g/mol. The van der Waals surface area contributed by atoms with E-state index in [0.717, 1.165) is 11.5 Å². The Balaban J connectivity index is 2.17. The third kappa shape index (κ3) is 3.73. The van der Waals surface area contributed by atoms with Crippen molar-refractivity contribution in [2.75, 3.05) is 20.0 Å². The van der Waals surface area contributed by atoms with Gasteiger partial charge in [-0.25, -0.2) is 19.6 Å². The van der Waals surface area contributed by atoms with Gasteiger partial charge in [-0.2, -0.15) is 0 Å². The van der Waals surface area contributed by atoms with Crippen LogP contribution in [0.5, 0.6) is 0 Å². The molecule has 2 heterocycles. The molecule has 0 spiro atoms. The van der Waals surface area contributed by atoms with E-state index in [4.69, 9.17) is 4.74 Å². The summed E-state index contributed by atoms with van der Waals surface area (Å²) in [6, 6.07) is 0. The minimum absolute atomic E-state index is 0.180. The highest BCUT2D eigenvalue weighted by Crippen LogP contribution is 2.24. The van der Waals surface area contributed by atoms with Crippen molar-refractivity contribution in [2.24, 2.45) is 0 Å². The molecule has 0 unspecified atom stereocenters. The van der Waals surface area contributed by atoms with Crippen molar-refractivity contribution in [3.05, 3.63) is 17.3 Å². The zero-order valence-corrected chi connectivity index (χ0v) is 12.7. The van der Waals surface area contributed by atoms with E-state index in [1.807, 2.05) is 6.26 Å². The lowest BCUT2D eigenvalue weighted by molar-refractivity contribution is -0.144. The largest absolute Gasteiger partial charge is 0.466 e. The van der Waals surface area contributed by atoms with Crippen LogP contribution >= 0.6 is 23.3 Å². The van der Waals surface area contributed by atoms with E-state index in [0.29, 0.717) is 16.4 Å². The van der Waals surface area contributed by atoms with Crippen LogP contribution in [0, 0.1) is 0 Å². The molecule has 2 rings (SSSR count). The van der Waals surface area contributed by atoms with Crippen molar-refractivity contribution in [1.82, 2.24) is 19.6 Å². The molecule has 0 aliphatic heterocycles. The van der Waals surface area contributed by atoms with Crippen molar-refractivity contribution in [3.8, 4) is 11.3 Å². The van der Waals surface area contributed by atoms with Gasteiger partial charge in [-0.05, 0) is 17.8 Å². The Kier molecular flexibility index (Phi) is 5.17. The van der Waals surface area contributed by atoms with E-state index in [9.17, 15) is 9.59 Å². The van der Waals surface area contributed by atoms with Crippen LogP contribution in [0.15, 0.2) is 17.6 Å². The molecule has 10 heteroatoms. The molecule has 2 aromatic heterocycles. The number of aromatic nitrogens is 4. The number of methoxy groups -OCH3 is 1. The van der Waals surface area contributed by atoms with Crippen LogP contribution in [0.1, 0.15) is 9.67 Å². The Bertz CT molecular complexity index is 644. The first kappa shape index (κ1) is 15.3. The second kappa shape index (κ2) is 7.09. The van der Waals surface area contributed by atoms with Gasteiger partial charge in [0.25, 0.3) is 0 Å². The van der Waals surface area contributed by atoms with Crippen LogP contribution in [0.4, 0.5) is 0 Å². The van der Waals surface area contributed by atoms with Gasteiger partial charge < -0.3 is 9.47 Å². The molecule has 0 aliphatic carbocycles. The summed E-state index contributed by atoms with van der Waals surface area (Å²) in [7, 11) is 1.21. The topological polar surface area (TPSA) is 104 Å². The second-order valence-corrected chi connectivity index (χ2v) is 5.09. The Hall–Kier alpha value is -2.07. The van der Waals surface area contributed by atoms with Crippen molar-refractivity contribution >= 4 is 35.2 Å². The summed E-state index contributed by atoms with van der Waals surface area (Å²) >= 11 is 2.27. The Morgan fingerprint density at radius 3 is 2.67 bits per heavy atom. The molecule has 2 aromatic rings. The Morgan fingerprint density at radius 1 is 1.33 bits per heavy atom. The first-order valence-corrected chi connectivity index (χ1v) is 7.58. The number of thioether (sulfide) groups is 1. The van der Waals surface area contributed by atoms with Crippen molar-refractivity contribution in [2.45, 2.75) is 5.16 Å². The van der Waals surface area contributed by atoms with Gasteiger partial charge in [0.05, 0.1) is 7.11 Å². The minimum atomic E-state index is -0.695. The molecule has 0 saturated carbocycles. The number of esters is 2. The lowest BCUT2D eigenvalue weighted by atomic mass is 10.2. The van der Waals surface area contributed by atoms with Crippen LogP contribution < -0.4 is 0 Å². The summed E-state index contributed by atoms with van der Waals surface area (Å²) in [5.41, 5.74) is 0.870. The SMILES string of the molecule is COC(=O)COC(=O)c1snnc1-c1cnc(SC)nc1. The number of nitrogens with zero attached hydrogens (tertiary/aromatic N) is 4. The summed E-state index contributed by atoms with van der Waals surface area (Å²) in [5, 5.41) is 4.48. The normalized spacial score (nSPS) is 10.2. The molecule has 0 N–H and O–H groups in total. The molecule has 0 aliphatic rings. The fourth-order valence-corrected chi connectivity index (χ4v) is 2.21. The van der Waals surface area contributed by atoms with Crippen LogP contribution in [-0.4, -0.2) is 51.5 Å². The van der Waals surface area contributed by atoms with Gasteiger partial charge >= 0.3 is 11.9 Å². The molecule has 0 amide bonds. The molecule has 110 valence electrons. The van der Waals surface area contributed by atoms with Crippen molar-refractivity contribution in [1.29, 1.82) is 0 Å². The van der Waals surface area contributed by atoms with Gasteiger partial charge in [0.15, 0.2) is 16.6 Å². The monoisotopic (exact) mass is 326 g/mol. The third-order valence-electron chi connectivity index (χ3n) is 2.31. The third-order valence-corrected chi connectivity index (χ3v) is 3.59. The second-order valence-electron chi connectivity index (χ2n) is 3.56. The van der Waals surface area contributed by atoms with Gasteiger partial charge in [0, 0.05) is 18.0 Å². The predicted octanol–water partition coefficient (Wildman–Crippen LogP) is 1.05. The Labute approximate surface area is 128 Å². The Morgan fingerprint density at radius 2 is 2.05 bits per heavy atom. The maximum atomic E-state index is 11.9. The summed E-state index contributed by atoms with van der Waals surface area (Å²) in [5.74, 6) is -1.34. The number of ether oxygens (including phenoxy) is 2. The highest BCUT2D eigenvalue weighted by atomic mass is 32.2. The summed E-state index contributed by atoms with van der Waals surface area (Å²) in [4.78, 5) is 31.2. The van der Waals surface area contributed by atoms with Crippen molar-refractivity contribution in [3.63, 3.8) is 0 Å². The van der Waals surface area contributed by atoms with E-state index in [1.54, 1.807) is 12.4 Å². The first-order valence-electron chi connectivity index (χ1n) is 5.58. The van der Waals surface area contributed by atoms with Crippen LogP contribution in [-0.2, 0) is 14.3 Å². The van der Waals surface area contributed by atoms with E-state index in [2.05, 4.69) is 24.3 Å². The molecule has 21 heavy (non-hydrogen) atoms. The average Bonchev–Trinajstić information content (AvgIpc) is 3.01. The molecule has 8 nitrogen and oxygen atoms in total. The van der Waals surface area contributed by atoms with E-state index < -0.39 is 18.5 Å². The molecule has 0 fully saturated rings. The standard InChI is InChI=1S/C11H10N4O4S2/c1-18-7(16)5-19-10(17)9-8(14-15-21-9)6-3-12-11(20-2)13-4-6/h3-4H,5H2,1-2H3. The zero-order chi connectivity index (χ0) is 15.2. The smallest absolute Gasteiger partial charge is 0.352 e. The summed E-state index contributed by atoms with van der Waals surface area (Å²) < 4.78 is 12.9. The van der Waals surface area contributed by atoms with Gasteiger partial charge in [0.2, 0.25) is 0 Å². The molecular weight excluding hydrogens is 316 g/mol. The minimum Gasteiger partial charge on any atom is -0.466 e. The van der Waals surface area contributed by atoms with Gasteiger partial charge in [0.1, 0.15) is 5.69 Å².